The molecule has 32 heavy (non-hydrogen) atoms. The number of aliphatic carboxylic acids is 1. The minimum atomic E-state index is -1.02. The number of Topliss-reactive ketones (excluding diaryl/α,β-unsaturated/α-hetero) is 1. The van der Waals surface area contributed by atoms with Crippen molar-refractivity contribution in [2.75, 3.05) is 13.1 Å². The Morgan fingerprint density at radius 2 is 1.94 bits per heavy atom. The van der Waals surface area contributed by atoms with E-state index in [0.717, 1.165) is 55.1 Å². The number of aromatic nitrogens is 1. The molecule has 1 aromatic heterocycles. The molecule has 1 spiro atoms. The minimum Gasteiger partial charge on any atom is -0.486 e. The van der Waals surface area contributed by atoms with Crippen molar-refractivity contribution in [1.29, 1.82) is 0 Å². The molecule has 1 fully saturated rings. The lowest BCUT2D eigenvalue weighted by Gasteiger charge is -2.44. The summed E-state index contributed by atoms with van der Waals surface area (Å²) in [6.07, 6.45) is 4.48. The van der Waals surface area contributed by atoms with Crippen LogP contribution in [0.3, 0.4) is 0 Å². The third-order valence-corrected chi connectivity index (χ3v) is 6.34. The molecular formula is C26H24N2O4. The average Bonchev–Trinajstić information content (AvgIpc) is 2.79. The smallest absolute Gasteiger partial charge is 0.328 e. The number of para-hydroxylation sites is 1. The fourth-order valence-electron chi connectivity index (χ4n) is 4.61. The molecular weight excluding hydrogens is 404 g/mol. The van der Waals surface area contributed by atoms with Crippen LogP contribution in [0, 0.1) is 0 Å². The van der Waals surface area contributed by atoms with Gasteiger partial charge in [0.25, 0.3) is 0 Å². The Bertz CT molecular complexity index is 1230. The summed E-state index contributed by atoms with van der Waals surface area (Å²) in [5.41, 5.74) is 2.81. The van der Waals surface area contributed by atoms with Crippen LogP contribution in [0.4, 0.5) is 0 Å². The highest BCUT2D eigenvalue weighted by molar-refractivity contribution is 6.01. The van der Waals surface area contributed by atoms with Gasteiger partial charge in [0.1, 0.15) is 11.4 Å². The van der Waals surface area contributed by atoms with E-state index in [1.165, 1.54) is 6.08 Å². The molecule has 2 aliphatic rings. The lowest BCUT2D eigenvalue weighted by atomic mass is 9.82. The van der Waals surface area contributed by atoms with E-state index < -0.39 is 11.6 Å². The summed E-state index contributed by atoms with van der Waals surface area (Å²) in [6, 6.07) is 17.6. The van der Waals surface area contributed by atoms with Gasteiger partial charge in [-0.1, -0.05) is 30.3 Å². The number of hydrogen-bond acceptors (Lipinski definition) is 5. The highest BCUT2D eigenvalue weighted by atomic mass is 16.5. The van der Waals surface area contributed by atoms with Crippen LogP contribution in [0.5, 0.6) is 5.75 Å². The van der Waals surface area contributed by atoms with Crippen molar-refractivity contribution in [3.63, 3.8) is 0 Å². The zero-order valence-corrected chi connectivity index (χ0v) is 17.7. The predicted octanol–water partition coefficient (Wildman–Crippen LogP) is 4.33. The molecule has 2 aliphatic heterocycles. The maximum absolute atomic E-state index is 12.9. The van der Waals surface area contributed by atoms with Crippen molar-refractivity contribution in [3.05, 3.63) is 77.5 Å². The summed E-state index contributed by atoms with van der Waals surface area (Å²) >= 11 is 0. The number of ether oxygens (including phenoxy) is 1. The second kappa shape index (κ2) is 8.20. The highest BCUT2D eigenvalue weighted by Gasteiger charge is 2.42. The third kappa shape index (κ3) is 4.14. The monoisotopic (exact) mass is 428 g/mol. The summed E-state index contributed by atoms with van der Waals surface area (Å²) in [7, 11) is 0. The second-order valence-corrected chi connectivity index (χ2v) is 8.58. The molecule has 0 unspecified atom stereocenters. The fourth-order valence-corrected chi connectivity index (χ4v) is 4.61. The van der Waals surface area contributed by atoms with Crippen LogP contribution in [0.1, 0.15) is 40.9 Å². The van der Waals surface area contributed by atoms with Crippen molar-refractivity contribution >= 4 is 28.7 Å². The van der Waals surface area contributed by atoms with Crippen molar-refractivity contribution in [2.24, 2.45) is 0 Å². The van der Waals surface area contributed by atoms with E-state index >= 15 is 0 Å². The summed E-state index contributed by atoms with van der Waals surface area (Å²) in [5.74, 6) is -0.366. The van der Waals surface area contributed by atoms with Crippen molar-refractivity contribution in [2.45, 2.75) is 31.4 Å². The van der Waals surface area contributed by atoms with Crippen LogP contribution in [0.2, 0.25) is 0 Å². The predicted molar refractivity (Wildman–Crippen MR) is 122 cm³/mol. The Morgan fingerprint density at radius 1 is 1.12 bits per heavy atom. The van der Waals surface area contributed by atoms with E-state index in [2.05, 4.69) is 23.1 Å². The minimum absolute atomic E-state index is 0.0569. The standard InChI is InChI=1S/C26H24N2O4/c29-23-16-26(32-24-9-5-18(15-21(23)24)6-10-25(30)31)11-13-28(14-12-26)17-20-8-7-19-3-1-2-4-22(19)27-20/h1-10,15H,11-14,16-17H2,(H,30,31). The van der Waals surface area contributed by atoms with Crippen molar-refractivity contribution < 1.29 is 19.4 Å². The molecule has 0 radical (unpaired) electrons. The summed E-state index contributed by atoms with van der Waals surface area (Å²) in [5, 5.41) is 9.95. The maximum atomic E-state index is 12.9. The van der Waals surface area contributed by atoms with Crippen LogP contribution in [-0.2, 0) is 11.3 Å². The van der Waals surface area contributed by atoms with E-state index in [9.17, 15) is 9.59 Å². The van der Waals surface area contributed by atoms with Gasteiger partial charge in [0, 0.05) is 43.9 Å². The van der Waals surface area contributed by atoms with Crippen molar-refractivity contribution in [1.82, 2.24) is 9.88 Å². The Kier molecular flexibility index (Phi) is 5.23. The Hall–Kier alpha value is -3.51. The normalized spacial score (nSPS) is 18.1. The Balaban J connectivity index is 1.26. The molecule has 0 bridgehead atoms. The molecule has 6 nitrogen and oxygen atoms in total. The molecule has 1 saturated heterocycles. The summed E-state index contributed by atoms with van der Waals surface area (Å²) < 4.78 is 6.36. The van der Waals surface area contributed by atoms with E-state index in [1.54, 1.807) is 18.2 Å². The first-order valence-corrected chi connectivity index (χ1v) is 10.8. The zero-order valence-electron chi connectivity index (χ0n) is 17.7. The van der Waals surface area contributed by atoms with E-state index in [0.29, 0.717) is 23.3 Å². The maximum Gasteiger partial charge on any atom is 0.328 e. The van der Waals surface area contributed by atoms with Crippen LogP contribution in [0.25, 0.3) is 17.0 Å². The number of carboxylic acid groups (broad SMARTS) is 1. The summed E-state index contributed by atoms with van der Waals surface area (Å²) in [6.45, 7) is 2.47. The van der Waals surface area contributed by atoms with E-state index in [4.69, 9.17) is 14.8 Å². The Morgan fingerprint density at radius 3 is 2.75 bits per heavy atom. The van der Waals surface area contributed by atoms with Gasteiger partial charge in [-0.05, 0) is 35.9 Å². The topological polar surface area (TPSA) is 79.7 Å². The molecule has 3 heterocycles. The first kappa shape index (κ1) is 20.4. The number of carbonyl (C=O) groups is 2. The van der Waals surface area contributed by atoms with Gasteiger partial charge in [0.05, 0.1) is 23.2 Å². The largest absolute Gasteiger partial charge is 0.486 e. The van der Waals surface area contributed by atoms with Crippen molar-refractivity contribution in [3.8, 4) is 5.75 Å². The lowest BCUT2D eigenvalue weighted by molar-refractivity contribution is -0.131. The van der Waals surface area contributed by atoms with Gasteiger partial charge >= 0.3 is 5.97 Å². The zero-order chi connectivity index (χ0) is 22.1. The molecule has 5 rings (SSSR count). The number of carboxylic acids is 1. The van der Waals surface area contributed by atoms with Gasteiger partial charge in [0.15, 0.2) is 5.78 Å². The molecule has 0 atom stereocenters. The molecule has 3 aromatic rings. The number of fused-ring (bicyclic) bond motifs is 2. The molecule has 1 N–H and O–H groups in total. The Labute approximate surface area is 186 Å². The quantitative estimate of drug-likeness (QED) is 0.623. The van der Waals surface area contributed by atoms with Crippen LogP contribution in [0.15, 0.2) is 60.7 Å². The van der Waals surface area contributed by atoms with Crippen LogP contribution >= 0.6 is 0 Å². The number of ketones is 1. The molecule has 0 amide bonds. The van der Waals surface area contributed by atoms with Crippen LogP contribution < -0.4 is 4.74 Å². The van der Waals surface area contributed by atoms with E-state index in [1.807, 2.05) is 18.2 Å². The van der Waals surface area contributed by atoms with Gasteiger partial charge in [0.2, 0.25) is 0 Å². The number of pyridine rings is 1. The van der Waals surface area contributed by atoms with Gasteiger partial charge in [-0.3, -0.25) is 14.7 Å². The second-order valence-electron chi connectivity index (χ2n) is 8.58. The fraction of sp³-hybridized carbons (Fsp3) is 0.269. The first-order chi connectivity index (χ1) is 15.5. The lowest BCUT2D eigenvalue weighted by Crippen LogP contribution is -2.50. The molecule has 2 aromatic carbocycles. The third-order valence-electron chi connectivity index (χ3n) is 6.34. The van der Waals surface area contributed by atoms with Gasteiger partial charge < -0.3 is 9.84 Å². The number of nitrogens with zero attached hydrogens (tertiary/aromatic N) is 2. The molecule has 6 heteroatoms. The van der Waals surface area contributed by atoms with Gasteiger partial charge in [-0.2, -0.15) is 0 Å². The number of benzene rings is 2. The summed E-state index contributed by atoms with van der Waals surface area (Å²) in [4.78, 5) is 30.8. The molecule has 162 valence electrons. The highest BCUT2D eigenvalue weighted by Crippen LogP contribution is 2.40. The van der Waals surface area contributed by atoms with E-state index in [-0.39, 0.29) is 5.78 Å². The average molecular weight is 428 g/mol. The number of piperidine rings is 1. The van der Waals surface area contributed by atoms with Crippen LogP contribution in [-0.4, -0.2) is 45.4 Å². The number of likely N-dealkylation sites (tertiary alicyclic amines) is 1. The molecule has 0 aliphatic carbocycles. The molecule has 0 saturated carbocycles. The first-order valence-electron chi connectivity index (χ1n) is 10.8. The SMILES string of the molecule is O=C(O)C=Cc1ccc2c(c1)C(=O)CC1(CCN(Cc3ccc4ccccc4n3)CC1)O2. The number of hydrogen-bond donors (Lipinski definition) is 1. The van der Waals surface area contributed by atoms with Gasteiger partial charge in [-0.15, -0.1) is 0 Å². The number of carbonyl (C=O) groups excluding carboxylic acids is 1. The van der Waals surface area contributed by atoms with Gasteiger partial charge in [-0.25, -0.2) is 4.79 Å². The number of rotatable bonds is 4.